The van der Waals surface area contributed by atoms with E-state index in [-0.39, 0.29) is 5.91 Å². The van der Waals surface area contributed by atoms with Crippen LogP contribution in [0.5, 0.6) is 5.75 Å². The molecule has 21 heavy (non-hydrogen) atoms. The third-order valence-corrected chi connectivity index (χ3v) is 3.57. The molecular weight excluding hydrogens is 379 g/mol. The maximum Gasteiger partial charge on any atom is 0.257 e. The van der Waals surface area contributed by atoms with Crippen LogP contribution in [-0.2, 0) is 0 Å². The van der Waals surface area contributed by atoms with E-state index in [9.17, 15) is 4.79 Å². The van der Waals surface area contributed by atoms with Crippen LogP contribution in [0.1, 0.15) is 17.3 Å². The molecule has 4 nitrogen and oxygen atoms in total. The monoisotopic (exact) mass is 388 g/mol. The summed E-state index contributed by atoms with van der Waals surface area (Å²) in [7, 11) is 0. The fraction of sp³-hybridized carbons (Fsp3) is 0.143. The fourth-order valence-electron chi connectivity index (χ4n) is 1.65. The number of benzene rings is 1. The molecule has 0 spiro atoms. The third kappa shape index (κ3) is 4.09. The Labute approximate surface area is 140 Å². The molecule has 2 aromatic rings. The quantitative estimate of drug-likeness (QED) is 0.764. The fourth-order valence-corrected chi connectivity index (χ4v) is 2.69. The summed E-state index contributed by atoms with van der Waals surface area (Å²) in [5.41, 5.74) is 0.870. The van der Waals surface area contributed by atoms with Gasteiger partial charge in [-0.1, -0.05) is 23.2 Å². The van der Waals surface area contributed by atoms with Crippen LogP contribution in [-0.4, -0.2) is 17.5 Å². The normalized spacial score (nSPS) is 10.3. The van der Waals surface area contributed by atoms with E-state index in [1.807, 2.05) is 6.92 Å². The zero-order chi connectivity index (χ0) is 15.4. The van der Waals surface area contributed by atoms with Gasteiger partial charge in [0.25, 0.3) is 5.91 Å². The molecule has 1 amide bonds. The molecule has 1 heterocycles. The van der Waals surface area contributed by atoms with E-state index in [2.05, 4.69) is 26.2 Å². The van der Waals surface area contributed by atoms with Gasteiger partial charge in [0.05, 0.1) is 22.3 Å². The van der Waals surface area contributed by atoms with Crippen LogP contribution < -0.4 is 10.1 Å². The smallest absolute Gasteiger partial charge is 0.257 e. The minimum atomic E-state index is -0.325. The van der Waals surface area contributed by atoms with E-state index in [1.165, 1.54) is 6.20 Å². The maximum absolute atomic E-state index is 12.2. The van der Waals surface area contributed by atoms with E-state index >= 15 is 0 Å². The Kier molecular flexibility index (Phi) is 5.45. The van der Waals surface area contributed by atoms with Gasteiger partial charge in [-0.3, -0.25) is 4.79 Å². The molecule has 1 aromatic heterocycles. The average molecular weight is 390 g/mol. The first-order chi connectivity index (χ1) is 10.0. The molecule has 0 aliphatic carbocycles. The van der Waals surface area contributed by atoms with Crippen LogP contribution in [0.3, 0.4) is 0 Å². The van der Waals surface area contributed by atoms with Gasteiger partial charge < -0.3 is 10.1 Å². The van der Waals surface area contributed by atoms with Crippen molar-refractivity contribution < 1.29 is 9.53 Å². The van der Waals surface area contributed by atoms with Gasteiger partial charge in [-0.15, -0.1) is 0 Å². The molecule has 0 saturated heterocycles. The molecule has 0 aliphatic heterocycles. The lowest BCUT2D eigenvalue weighted by molar-refractivity contribution is 0.102. The van der Waals surface area contributed by atoms with Crippen molar-refractivity contribution in [2.75, 3.05) is 11.9 Å². The zero-order valence-corrected chi connectivity index (χ0v) is 14.1. The summed E-state index contributed by atoms with van der Waals surface area (Å²) < 4.78 is 6.19. The molecule has 2 rings (SSSR count). The van der Waals surface area contributed by atoms with Gasteiger partial charge in [-0.05, 0) is 47.1 Å². The number of carbonyl (C=O) groups is 1. The Morgan fingerprint density at radius 3 is 2.76 bits per heavy atom. The van der Waals surface area contributed by atoms with Gasteiger partial charge in [0.1, 0.15) is 5.15 Å². The van der Waals surface area contributed by atoms with Crippen molar-refractivity contribution in [1.29, 1.82) is 0 Å². The number of rotatable bonds is 4. The van der Waals surface area contributed by atoms with Crippen molar-refractivity contribution in [3.8, 4) is 5.75 Å². The van der Waals surface area contributed by atoms with Gasteiger partial charge in [-0.25, -0.2) is 4.98 Å². The number of nitrogens with zero attached hydrogens (tertiary/aromatic N) is 1. The number of pyridine rings is 1. The van der Waals surface area contributed by atoms with Crippen LogP contribution in [0.4, 0.5) is 5.69 Å². The Hall–Kier alpha value is -1.30. The highest BCUT2D eigenvalue weighted by Gasteiger charge is 2.14. The van der Waals surface area contributed by atoms with Crippen LogP contribution in [0.25, 0.3) is 0 Å². The molecule has 110 valence electrons. The molecule has 1 aromatic carbocycles. The Balaban J connectivity index is 2.29. The van der Waals surface area contributed by atoms with Gasteiger partial charge in [0.2, 0.25) is 0 Å². The standard InChI is InChI=1S/C14H11BrCl2N2O2/c1-2-21-13-10(15)5-9(16)6-11(13)19-14(20)8-3-4-12(17)18-7-8/h3-7H,2H2,1H3,(H,19,20). The maximum atomic E-state index is 12.2. The molecule has 0 saturated carbocycles. The molecule has 0 aliphatic rings. The number of hydrogen-bond donors (Lipinski definition) is 1. The summed E-state index contributed by atoms with van der Waals surface area (Å²) in [6, 6.07) is 6.46. The number of halogens is 3. The highest BCUT2D eigenvalue weighted by atomic mass is 79.9. The SMILES string of the molecule is CCOc1c(Br)cc(Cl)cc1NC(=O)c1ccc(Cl)nc1. The van der Waals surface area contributed by atoms with Crippen LogP contribution in [0.15, 0.2) is 34.9 Å². The van der Waals surface area contributed by atoms with E-state index in [4.69, 9.17) is 27.9 Å². The summed E-state index contributed by atoms with van der Waals surface area (Å²) in [6.45, 7) is 2.32. The minimum absolute atomic E-state index is 0.325. The second-order valence-corrected chi connectivity index (χ2v) is 5.70. The number of aromatic nitrogens is 1. The Bertz CT molecular complexity index is 663. The summed E-state index contributed by atoms with van der Waals surface area (Å²) >= 11 is 15.1. The number of hydrogen-bond acceptors (Lipinski definition) is 3. The van der Waals surface area contributed by atoms with Crippen molar-refractivity contribution in [1.82, 2.24) is 4.98 Å². The number of ether oxygens (including phenoxy) is 1. The highest BCUT2D eigenvalue weighted by Crippen LogP contribution is 2.36. The number of amides is 1. The first-order valence-corrected chi connectivity index (χ1v) is 7.61. The summed E-state index contributed by atoms with van der Waals surface area (Å²) in [4.78, 5) is 16.1. The Morgan fingerprint density at radius 1 is 1.38 bits per heavy atom. The van der Waals surface area contributed by atoms with Gasteiger partial charge >= 0.3 is 0 Å². The van der Waals surface area contributed by atoms with Gasteiger partial charge in [0, 0.05) is 11.2 Å². The van der Waals surface area contributed by atoms with E-state index < -0.39 is 0 Å². The second-order valence-electron chi connectivity index (χ2n) is 4.02. The van der Waals surface area contributed by atoms with E-state index in [0.717, 1.165) is 0 Å². The summed E-state index contributed by atoms with van der Waals surface area (Å²) in [6.07, 6.45) is 1.40. The van der Waals surface area contributed by atoms with E-state index in [0.29, 0.717) is 38.3 Å². The lowest BCUT2D eigenvalue weighted by atomic mass is 10.2. The second kappa shape index (κ2) is 7.11. The lowest BCUT2D eigenvalue weighted by Gasteiger charge is -2.13. The molecule has 7 heteroatoms. The highest BCUT2D eigenvalue weighted by molar-refractivity contribution is 9.10. The molecule has 1 N–H and O–H groups in total. The van der Waals surface area contributed by atoms with E-state index in [1.54, 1.807) is 24.3 Å². The predicted octanol–water partition coefficient (Wildman–Crippen LogP) is 4.80. The van der Waals surface area contributed by atoms with Crippen LogP contribution >= 0.6 is 39.1 Å². The molecule has 0 atom stereocenters. The van der Waals surface area contributed by atoms with Crippen molar-refractivity contribution >= 4 is 50.7 Å². The largest absolute Gasteiger partial charge is 0.491 e. The number of carbonyl (C=O) groups excluding carboxylic acids is 1. The van der Waals surface area contributed by atoms with Crippen molar-refractivity contribution in [2.45, 2.75) is 6.92 Å². The van der Waals surface area contributed by atoms with Gasteiger partial charge in [0.15, 0.2) is 5.75 Å². The van der Waals surface area contributed by atoms with Crippen molar-refractivity contribution in [3.63, 3.8) is 0 Å². The molecule has 0 unspecified atom stereocenters. The number of nitrogens with one attached hydrogen (secondary N) is 1. The number of anilines is 1. The average Bonchev–Trinajstić information content (AvgIpc) is 2.43. The molecule has 0 fully saturated rings. The van der Waals surface area contributed by atoms with Crippen molar-refractivity contribution in [2.24, 2.45) is 0 Å². The topological polar surface area (TPSA) is 51.2 Å². The summed E-state index contributed by atoms with van der Waals surface area (Å²) in [5, 5.41) is 3.56. The lowest BCUT2D eigenvalue weighted by Crippen LogP contribution is -2.13. The third-order valence-electron chi connectivity index (χ3n) is 2.53. The molecular formula is C14H11BrCl2N2O2. The zero-order valence-electron chi connectivity index (χ0n) is 11.0. The van der Waals surface area contributed by atoms with Gasteiger partial charge in [-0.2, -0.15) is 0 Å². The molecule has 0 bridgehead atoms. The predicted molar refractivity (Wildman–Crippen MR) is 87.5 cm³/mol. The van der Waals surface area contributed by atoms with Crippen LogP contribution in [0.2, 0.25) is 10.2 Å². The first-order valence-electron chi connectivity index (χ1n) is 6.06. The minimum Gasteiger partial charge on any atom is -0.491 e. The first kappa shape index (κ1) is 16.1. The molecule has 0 radical (unpaired) electrons. The van der Waals surface area contributed by atoms with Crippen molar-refractivity contribution in [3.05, 3.63) is 50.7 Å². The Morgan fingerprint density at radius 2 is 2.14 bits per heavy atom. The summed E-state index contributed by atoms with van der Waals surface area (Å²) in [5.74, 6) is 0.200. The van der Waals surface area contributed by atoms with Crippen LogP contribution in [0, 0.1) is 0 Å².